The van der Waals surface area contributed by atoms with Crippen LogP contribution in [0.3, 0.4) is 0 Å². The summed E-state index contributed by atoms with van der Waals surface area (Å²) >= 11 is 0. The van der Waals surface area contributed by atoms with E-state index in [4.69, 9.17) is 10.2 Å². The molecule has 1 amide bonds. The van der Waals surface area contributed by atoms with E-state index in [0.29, 0.717) is 29.1 Å². The van der Waals surface area contributed by atoms with Crippen molar-refractivity contribution in [3.63, 3.8) is 0 Å². The van der Waals surface area contributed by atoms with Gasteiger partial charge >= 0.3 is 0 Å². The molecule has 9 heteroatoms. The Morgan fingerprint density at radius 3 is 2.62 bits per heavy atom. The first-order valence-electron chi connectivity index (χ1n) is 10.9. The molecule has 2 aromatic carbocycles. The van der Waals surface area contributed by atoms with Gasteiger partial charge in [-0.15, -0.1) is 0 Å². The fraction of sp³-hybridized carbons (Fsp3) is 0.280. The molecular formula is C25H20F2N4O3. The van der Waals surface area contributed by atoms with Crippen LogP contribution in [0.25, 0.3) is 0 Å². The van der Waals surface area contributed by atoms with Crippen LogP contribution >= 0.6 is 0 Å². The van der Waals surface area contributed by atoms with Crippen LogP contribution in [0.15, 0.2) is 47.3 Å². The summed E-state index contributed by atoms with van der Waals surface area (Å²) in [7, 11) is 0. The lowest BCUT2D eigenvalue weighted by molar-refractivity contribution is -0.141. The largest absolute Gasteiger partial charge is 0.378 e. The van der Waals surface area contributed by atoms with Crippen LogP contribution in [0.1, 0.15) is 52.7 Å². The van der Waals surface area contributed by atoms with E-state index in [-0.39, 0.29) is 18.6 Å². The highest BCUT2D eigenvalue weighted by Gasteiger charge is 2.48. The number of fused-ring (bicyclic) bond motifs is 1. The van der Waals surface area contributed by atoms with E-state index in [2.05, 4.69) is 11.1 Å². The smallest absolute Gasteiger partial charge is 0.256 e. The molecule has 0 spiro atoms. The Labute approximate surface area is 193 Å². The van der Waals surface area contributed by atoms with Crippen LogP contribution < -0.4 is 5.56 Å². The SMILES string of the molecule is N#Cc1ccc(C2(c3nc4c(c(=O)[nH]3)CN(C(=O)C(O)c3cccc(F)c3F)CC4)CC2)cc1. The van der Waals surface area contributed by atoms with E-state index >= 15 is 0 Å². The number of aliphatic hydroxyl groups is 1. The first-order chi connectivity index (χ1) is 16.3. The zero-order valence-corrected chi connectivity index (χ0v) is 18.0. The minimum Gasteiger partial charge on any atom is -0.378 e. The Balaban J connectivity index is 1.40. The number of hydrogen-bond acceptors (Lipinski definition) is 5. The van der Waals surface area contributed by atoms with Gasteiger partial charge in [0.05, 0.1) is 34.8 Å². The van der Waals surface area contributed by atoms with Crippen LogP contribution in [0.5, 0.6) is 0 Å². The molecule has 2 N–H and O–H groups in total. The Morgan fingerprint density at radius 2 is 1.94 bits per heavy atom. The first-order valence-corrected chi connectivity index (χ1v) is 10.9. The Morgan fingerprint density at radius 1 is 1.21 bits per heavy atom. The van der Waals surface area contributed by atoms with Gasteiger partial charge in [0.25, 0.3) is 11.5 Å². The molecule has 2 aliphatic rings. The number of nitriles is 1. The second kappa shape index (κ2) is 8.15. The minimum absolute atomic E-state index is 0.0886. The molecule has 0 bridgehead atoms. The second-order valence-corrected chi connectivity index (χ2v) is 8.67. The zero-order valence-electron chi connectivity index (χ0n) is 18.0. The summed E-state index contributed by atoms with van der Waals surface area (Å²) in [5.74, 6) is -2.68. The number of nitrogens with one attached hydrogen (secondary N) is 1. The first kappa shape index (κ1) is 21.9. The zero-order chi connectivity index (χ0) is 24.0. The van der Waals surface area contributed by atoms with Crippen molar-refractivity contribution in [1.29, 1.82) is 5.26 Å². The fourth-order valence-corrected chi connectivity index (χ4v) is 4.53. The predicted octanol–water partition coefficient (Wildman–Crippen LogP) is 2.62. The summed E-state index contributed by atoms with van der Waals surface area (Å²) in [5, 5.41) is 19.4. The van der Waals surface area contributed by atoms with Crippen molar-refractivity contribution in [2.75, 3.05) is 6.54 Å². The van der Waals surface area contributed by atoms with E-state index in [1.54, 1.807) is 12.1 Å². The summed E-state index contributed by atoms with van der Waals surface area (Å²) in [4.78, 5) is 34.6. The summed E-state index contributed by atoms with van der Waals surface area (Å²) < 4.78 is 27.6. The van der Waals surface area contributed by atoms with Crippen molar-refractivity contribution in [2.45, 2.75) is 37.3 Å². The number of halogens is 2. The quantitative estimate of drug-likeness (QED) is 0.620. The number of nitrogens with zero attached hydrogens (tertiary/aromatic N) is 3. The third-order valence-corrected chi connectivity index (χ3v) is 6.66. The van der Waals surface area contributed by atoms with Gasteiger partial charge in [-0.3, -0.25) is 9.59 Å². The van der Waals surface area contributed by atoms with Crippen molar-refractivity contribution in [3.05, 3.63) is 98.2 Å². The van der Waals surface area contributed by atoms with Crippen LogP contribution in [0.2, 0.25) is 0 Å². The highest BCUT2D eigenvalue weighted by molar-refractivity contribution is 5.82. The average Bonchev–Trinajstić information content (AvgIpc) is 3.67. The second-order valence-electron chi connectivity index (χ2n) is 8.67. The van der Waals surface area contributed by atoms with Gasteiger partial charge in [-0.1, -0.05) is 24.3 Å². The van der Waals surface area contributed by atoms with Crippen LogP contribution in [-0.4, -0.2) is 32.4 Å². The minimum atomic E-state index is -1.88. The Bertz CT molecular complexity index is 1390. The monoisotopic (exact) mass is 462 g/mol. The molecule has 1 aromatic heterocycles. The highest BCUT2D eigenvalue weighted by atomic mass is 19.2. The maximum absolute atomic E-state index is 14.0. The van der Waals surface area contributed by atoms with E-state index in [9.17, 15) is 23.5 Å². The highest BCUT2D eigenvalue weighted by Crippen LogP contribution is 2.52. The van der Waals surface area contributed by atoms with Crippen LogP contribution in [0.4, 0.5) is 8.78 Å². The molecule has 2 heterocycles. The number of hydrogen-bond donors (Lipinski definition) is 2. The molecule has 0 saturated heterocycles. The number of aromatic nitrogens is 2. The van der Waals surface area contributed by atoms with Crippen molar-refractivity contribution in [1.82, 2.24) is 14.9 Å². The average molecular weight is 462 g/mol. The third kappa shape index (κ3) is 3.56. The van der Waals surface area contributed by atoms with Gasteiger partial charge in [-0.25, -0.2) is 13.8 Å². The number of carbonyl (C=O) groups is 1. The van der Waals surface area contributed by atoms with Gasteiger partial charge in [0.15, 0.2) is 17.7 Å². The molecule has 1 aliphatic heterocycles. The lowest BCUT2D eigenvalue weighted by Crippen LogP contribution is -2.42. The fourth-order valence-electron chi connectivity index (χ4n) is 4.53. The summed E-state index contributed by atoms with van der Waals surface area (Å²) in [6, 6.07) is 12.6. The molecule has 34 heavy (non-hydrogen) atoms. The van der Waals surface area contributed by atoms with Crippen molar-refractivity contribution in [3.8, 4) is 6.07 Å². The summed E-state index contributed by atoms with van der Waals surface area (Å²) in [6.07, 6.45) is 0.0437. The van der Waals surface area contributed by atoms with E-state index in [0.717, 1.165) is 30.5 Å². The lowest BCUT2D eigenvalue weighted by Gasteiger charge is -2.30. The van der Waals surface area contributed by atoms with Crippen LogP contribution in [-0.2, 0) is 23.2 Å². The van der Waals surface area contributed by atoms with Crippen molar-refractivity contribution < 1.29 is 18.7 Å². The van der Waals surface area contributed by atoms with Gasteiger partial charge in [-0.05, 0) is 36.6 Å². The molecule has 1 fully saturated rings. The normalized spacial score (nSPS) is 16.9. The number of benzene rings is 2. The van der Waals surface area contributed by atoms with Gasteiger partial charge in [0.1, 0.15) is 5.82 Å². The van der Waals surface area contributed by atoms with Gasteiger partial charge < -0.3 is 15.0 Å². The molecule has 1 unspecified atom stereocenters. The number of aliphatic hydroxyl groups excluding tert-OH is 1. The molecule has 7 nitrogen and oxygen atoms in total. The number of rotatable bonds is 4. The summed E-state index contributed by atoms with van der Waals surface area (Å²) in [5.41, 5.74) is 1.19. The lowest BCUT2D eigenvalue weighted by atomic mass is 9.93. The van der Waals surface area contributed by atoms with Gasteiger partial charge in [-0.2, -0.15) is 5.26 Å². The number of carbonyl (C=O) groups excluding carboxylic acids is 1. The Hall–Kier alpha value is -3.90. The molecular weight excluding hydrogens is 442 g/mol. The maximum atomic E-state index is 14.0. The number of H-pyrrole nitrogens is 1. The molecule has 1 atom stereocenters. The van der Waals surface area contributed by atoms with E-state index < -0.39 is 34.6 Å². The standard InChI is InChI=1S/C25H20F2N4O3/c26-18-3-1-2-16(20(18)27)21(32)23(34)31-11-8-19-17(13-31)22(33)30-24(29-19)25(9-10-25)15-6-4-14(12-28)5-7-15/h1-7,21,32H,8-11,13H2,(H,29,30,33). The topological polar surface area (TPSA) is 110 Å². The predicted molar refractivity (Wildman–Crippen MR) is 116 cm³/mol. The van der Waals surface area contributed by atoms with Crippen molar-refractivity contribution >= 4 is 5.91 Å². The van der Waals surface area contributed by atoms with Crippen molar-refractivity contribution in [2.24, 2.45) is 0 Å². The number of amides is 1. The molecule has 3 aromatic rings. The molecule has 1 aliphatic carbocycles. The molecule has 172 valence electrons. The van der Waals surface area contributed by atoms with Gasteiger partial charge in [0.2, 0.25) is 0 Å². The molecule has 5 rings (SSSR count). The molecule has 1 saturated carbocycles. The molecule has 0 radical (unpaired) electrons. The van der Waals surface area contributed by atoms with Crippen LogP contribution in [0, 0.1) is 23.0 Å². The van der Waals surface area contributed by atoms with E-state index in [1.807, 2.05) is 12.1 Å². The number of aromatic amines is 1. The Kier molecular flexibility index (Phi) is 5.25. The van der Waals surface area contributed by atoms with Gasteiger partial charge in [0, 0.05) is 18.5 Å². The van der Waals surface area contributed by atoms with E-state index in [1.165, 1.54) is 11.0 Å². The third-order valence-electron chi connectivity index (χ3n) is 6.66. The maximum Gasteiger partial charge on any atom is 0.256 e. The summed E-state index contributed by atoms with van der Waals surface area (Å²) in [6.45, 7) is 0.0915.